The lowest BCUT2D eigenvalue weighted by atomic mass is 9.94. The van der Waals surface area contributed by atoms with Gasteiger partial charge in [0.2, 0.25) is 0 Å². The minimum atomic E-state index is -3.64. The molecule has 6 unspecified atom stereocenters. The molecule has 31 heavy (non-hydrogen) atoms. The van der Waals surface area contributed by atoms with Crippen LogP contribution >= 0.6 is 10.5 Å². The van der Waals surface area contributed by atoms with Gasteiger partial charge in [0.1, 0.15) is 28.6 Å². The molecule has 9 heteroatoms. The molecule has 1 aromatic heterocycles. The van der Waals surface area contributed by atoms with Crippen molar-refractivity contribution in [3.8, 4) is 10.6 Å². The molecule has 6 atom stereocenters. The van der Waals surface area contributed by atoms with E-state index in [1.807, 2.05) is 36.4 Å². The Morgan fingerprint density at radius 3 is 2.71 bits per heavy atom. The van der Waals surface area contributed by atoms with Crippen LogP contribution in [0.2, 0.25) is 0 Å². The second kappa shape index (κ2) is 7.03. The summed E-state index contributed by atoms with van der Waals surface area (Å²) in [6.45, 7) is -0.273. The summed E-state index contributed by atoms with van der Waals surface area (Å²) in [5.41, 5.74) is 0. The Bertz CT molecular complexity index is 1260. The van der Waals surface area contributed by atoms with Crippen LogP contribution in [-0.2, 0) is 28.6 Å². The molecule has 7 nitrogen and oxygen atoms in total. The zero-order valence-corrected chi connectivity index (χ0v) is 17.9. The standard InChI is InChI=1S/C22H19O7S2/c23-19(28-20-16-11-18-21(27-16)22(20)29-31(18,24)25)12-26-14-5-7-15(8-6-14)30-10-9-13-3-1-2-4-17(13)30/h1-10,16,18,20-22H,11-12H2/q+1. The summed E-state index contributed by atoms with van der Waals surface area (Å²) in [7, 11) is -3.74. The number of hydrogen-bond acceptors (Lipinski definition) is 7. The van der Waals surface area contributed by atoms with E-state index in [4.69, 9.17) is 18.4 Å². The number of rotatable bonds is 5. The topological polar surface area (TPSA) is 88.1 Å². The molecule has 0 radical (unpaired) electrons. The Morgan fingerprint density at radius 1 is 1.06 bits per heavy atom. The van der Waals surface area contributed by atoms with Gasteiger partial charge in [-0.15, -0.1) is 0 Å². The molecule has 3 fully saturated rings. The fourth-order valence-corrected chi connectivity index (χ4v) is 8.15. The zero-order chi connectivity index (χ0) is 21.2. The number of esters is 1. The summed E-state index contributed by atoms with van der Waals surface area (Å²) >= 11 is 0. The van der Waals surface area contributed by atoms with E-state index in [1.165, 1.54) is 15.0 Å². The molecule has 0 amide bonds. The lowest BCUT2D eigenvalue weighted by Crippen LogP contribution is -2.42. The zero-order valence-electron chi connectivity index (χ0n) is 16.2. The molecule has 0 aliphatic carbocycles. The molecule has 0 N–H and O–H groups in total. The van der Waals surface area contributed by atoms with Crippen molar-refractivity contribution >= 4 is 36.6 Å². The smallest absolute Gasteiger partial charge is 0.344 e. The number of thiophene rings is 1. The first-order valence-corrected chi connectivity index (χ1v) is 12.8. The maximum absolute atomic E-state index is 12.3. The van der Waals surface area contributed by atoms with Crippen molar-refractivity contribution in [2.45, 2.75) is 36.1 Å². The molecule has 4 heterocycles. The largest absolute Gasteiger partial charge is 0.482 e. The fraction of sp³-hybridized carbons (Fsp3) is 0.318. The Balaban J connectivity index is 1.09. The molecular weight excluding hydrogens is 440 g/mol. The highest BCUT2D eigenvalue weighted by molar-refractivity contribution is 7.87. The average Bonchev–Trinajstić information content (AvgIpc) is 3.49. The van der Waals surface area contributed by atoms with Crippen molar-refractivity contribution < 1.29 is 31.6 Å². The van der Waals surface area contributed by atoms with Gasteiger partial charge in [0.05, 0.1) is 6.10 Å². The Morgan fingerprint density at radius 2 is 1.87 bits per heavy atom. The summed E-state index contributed by atoms with van der Waals surface area (Å²) in [5, 5.41) is 2.80. The predicted octanol–water partition coefficient (Wildman–Crippen LogP) is 3.14. The summed E-state index contributed by atoms with van der Waals surface area (Å²) in [4.78, 5) is 13.5. The molecule has 160 valence electrons. The van der Waals surface area contributed by atoms with Gasteiger partial charge in [-0.2, -0.15) is 8.42 Å². The first kappa shape index (κ1) is 19.2. The monoisotopic (exact) mass is 459 g/mol. The van der Waals surface area contributed by atoms with Crippen molar-refractivity contribution in [1.82, 2.24) is 0 Å². The molecule has 0 spiro atoms. The second-order valence-corrected chi connectivity index (χ2v) is 11.5. The Hall–Kier alpha value is -2.46. The maximum Gasteiger partial charge on any atom is 0.344 e. The van der Waals surface area contributed by atoms with Crippen molar-refractivity contribution in [3.05, 3.63) is 60.0 Å². The van der Waals surface area contributed by atoms with E-state index in [2.05, 4.69) is 23.6 Å². The van der Waals surface area contributed by atoms with Gasteiger partial charge in [-0.25, -0.2) is 4.79 Å². The van der Waals surface area contributed by atoms with Crippen LogP contribution in [-0.4, -0.2) is 50.7 Å². The molecular formula is C22H19O7S2+. The highest BCUT2D eigenvalue weighted by Gasteiger charge is 2.67. The molecule has 6 rings (SSSR count). The highest BCUT2D eigenvalue weighted by Crippen LogP contribution is 2.47. The summed E-state index contributed by atoms with van der Waals surface area (Å²) in [6.07, 6.45) is -2.16. The van der Waals surface area contributed by atoms with E-state index in [0.29, 0.717) is 12.2 Å². The average molecular weight is 460 g/mol. The molecule has 3 saturated heterocycles. The van der Waals surface area contributed by atoms with Gasteiger partial charge in [0, 0.05) is 34.1 Å². The van der Waals surface area contributed by atoms with Crippen LogP contribution < -0.4 is 4.74 Å². The van der Waals surface area contributed by atoms with E-state index in [9.17, 15) is 13.2 Å². The van der Waals surface area contributed by atoms with Crippen molar-refractivity contribution in [3.63, 3.8) is 0 Å². The lowest BCUT2D eigenvalue weighted by Gasteiger charge is -2.21. The molecule has 3 aliphatic heterocycles. The van der Waals surface area contributed by atoms with Gasteiger partial charge >= 0.3 is 5.97 Å². The van der Waals surface area contributed by atoms with E-state index in [-0.39, 0.29) is 17.1 Å². The van der Waals surface area contributed by atoms with Gasteiger partial charge in [0.25, 0.3) is 10.1 Å². The number of carbonyl (C=O) groups is 1. The second-order valence-electron chi connectivity index (χ2n) is 7.86. The SMILES string of the molecule is O=C(COc1ccc(-[s+]2ccc3ccccc32)cc1)OC1C2CC3C(O2)C1OS3(=O)=O. The van der Waals surface area contributed by atoms with E-state index < -0.39 is 45.8 Å². The third-order valence-electron chi connectivity index (χ3n) is 6.03. The minimum Gasteiger partial charge on any atom is -0.482 e. The summed E-state index contributed by atoms with van der Waals surface area (Å²) in [5.74, 6) is -0.0195. The number of benzene rings is 2. The molecule has 3 aliphatic rings. The number of fused-ring (bicyclic) bond motifs is 2. The summed E-state index contributed by atoms with van der Waals surface area (Å²) < 4.78 is 47.0. The van der Waals surface area contributed by atoms with Crippen LogP contribution in [0.25, 0.3) is 15.0 Å². The number of carbonyl (C=O) groups excluding carboxylic acids is 1. The summed E-state index contributed by atoms with van der Waals surface area (Å²) in [6, 6.07) is 18.1. The van der Waals surface area contributed by atoms with Gasteiger partial charge in [-0.05, 0) is 30.7 Å². The Labute approximate surface area is 181 Å². The van der Waals surface area contributed by atoms with Crippen LogP contribution in [0.1, 0.15) is 6.42 Å². The van der Waals surface area contributed by atoms with E-state index in [1.54, 1.807) is 0 Å². The van der Waals surface area contributed by atoms with Gasteiger partial charge in [-0.3, -0.25) is 4.18 Å². The van der Waals surface area contributed by atoms with Gasteiger partial charge in [0.15, 0.2) is 22.3 Å². The first-order chi connectivity index (χ1) is 15.0. The third-order valence-corrected chi connectivity index (χ3v) is 9.76. The van der Waals surface area contributed by atoms with Gasteiger partial charge < -0.3 is 14.2 Å². The van der Waals surface area contributed by atoms with Crippen LogP contribution in [0, 0.1) is 0 Å². The Kier molecular flexibility index (Phi) is 4.36. The van der Waals surface area contributed by atoms with E-state index in [0.717, 1.165) is 0 Å². The van der Waals surface area contributed by atoms with Crippen LogP contribution in [0.4, 0.5) is 0 Å². The quantitative estimate of drug-likeness (QED) is 0.329. The fourth-order valence-electron chi connectivity index (χ4n) is 4.62. The van der Waals surface area contributed by atoms with Crippen LogP contribution in [0.5, 0.6) is 5.75 Å². The van der Waals surface area contributed by atoms with Crippen molar-refractivity contribution in [1.29, 1.82) is 0 Å². The van der Waals surface area contributed by atoms with Crippen molar-refractivity contribution in [2.75, 3.05) is 6.61 Å². The predicted molar refractivity (Wildman–Crippen MR) is 114 cm³/mol. The maximum atomic E-state index is 12.3. The molecule has 2 aromatic carbocycles. The minimum absolute atomic E-state index is 0.103. The number of ether oxygens (including phenoxy) is 3. The molecule has 3 aromatic rings. The highest BCUT2D eigenvalue weighted by atomic mass is 32.2. The number of hydrogen-bond donors (Lipinski definition) is 0. The molecule has 0 saturated carbocycles. The van der Waals surface area contributed by atoms with E-state index >= 15 is 0 Å². The first-order valence-electron chi connectivity index (χ1n) is 10.00. The van der Waals surface area contributed by atoms with Crippen LogP contribution in [0.3, 0.4) is 0 Å². The van der Waals surface area contributed by atoms with Crippen LogP contribution in [0.15, 0.2) is 60.0 Å². The molecule has 2 bridgehead atoms. The lowest BCUT2D eigenvalue weighted by molar-refractivity contribution is -0.157. The normalized spacial score (nSPS) is 30.6. The van der Waals surface area contributed by atoms with Gasteiger partial charge in [-0.1, -0.05) is 12.1 Å². The van der Waals surface area contributed by atoms with Crippen molar-refractivity contribution in [2.24, 2.45) is 0 Å². The third kappa shape index (κ3) is 3.15.